The Bertz CT molecular complexity index is 771. The summed E-state index contributed by atoms with van der Waals surface area (Å²) in [7, 11) is 0. The van der Waals surface area contributed by atoms with E-state index in [9.17, 15) is 19.5 Å². The van der Waals surface area contributed by atoms with Gasteiger partial charge in [-0.15, -0.1) is 0 Å². The fourth-order valence-corrected chi connectivity index (χ4v) is 2.01. The maximum atomic E-state index is 11.9. The summed E-state index contributed by atoms with van der Waals surface area (Å²) in [4.78, 5) is 35.4. The van der Waals surface area contributed by atoms with Crippen LogP contribution >= 0.6 is 0 Å². The molecule has 2 aromatic carbocycles. The van der Waals surface area contributed by atoms with Crippen molar-refractivity contribution in [2.24, 2.45) is 0 Å². The van der Waals surface area contributed by atoms with Crippen molar-refractivity contribution in [3.8, 4) is 5.75 Å². The van der Waals surface area contributed by atoms with Crippen LogP contribution in [0.3, 0.4) is 0 Å². The van der Waals surface area contributed by atoms with E-state index in [0.29, 0.717) is 17.8 Å². The number of phenolic OH excluding ortho intramolecular Hbond substituents is 1. The summed E-state index contributed by atoms with van der Waals surface area (Å²) in [5, 5.41) is 14.4. The molecule has 0 aromatic heterocycles. The van der Waals surface area contributed by atoms with Crippen molar-refractivity contribution >= 4 is 23.5 Å². The van der Waals surface area contributed by atoms with Gasteiger partial charge in [0.05, 0.1) is 5.56 Å². The molecule has 0 saturated heterocycles. The highest BCUT2D eigenvalue weighted by molar-refractivity contribution is 5.98. The Balaban J connectivity index is 1.90. The van der Waals surface area contributed by atoms with Crippen LogP contribution in [0.5, 0.6) is 5.75 Å². The summed E-state index contributed by atoms with van der Waals surface area (Å²) >= 11 is 0. The molecule has 0 unspecified atom stereocenters. The summed E-state index contributed by atoms with van der Waals surface area (Å²) < 4.78 is 4.91. The number of rotatable bonds is 6. The topological polar surface area (TPSA) is 105 Å². The first-order valence-corrected chi connectivity index (χ1v) is 7.64. The fourth-order valence-electron chi connectivity index (χ4n) is 2.01. The highest BCUT2D eigenvalue weighted by Crippen LogP contribution is 2.12. The summed E-state index contributed by atoms with van der Waals surface area (Å²) in [6, 6.07) is 11.9. The Hall–Kier alpha value is -3.35. The predicted molar refractivity (Wildman–Crippen MR) is 91.5 cm³/mol. The lowest BCUT2D eigenvalue weighted by atomic mass is 10.2. The van der Waals surface area contributed by atoms with Gasteiger partial charge >= 0.3 is 5.97 Å². The van der Waals surface area contributed by atoms with Gasteiger partial charge in [-0.05, 0) is 49.4 Å². The molecule has 130 valence electrons. The molecule has 0 bridgehead atoms. The molecule has 3 N–H and O–H groups in total. The van der Waals surface area contributed by atoms with E-state index in [1.54, 1.807) is 18.2 Å². The molecule has 0 atom stereocenters. The minimum Gasteiger partial charge on any atom is -0.508 e. The minimum atomic E-state index is -0.675. The number of phenols is 1. The Morgan fingerprint density at radius 3 is 2.44 bits per heavy atom. The molecule has 7 nitrogen and oxygen atoms in total. The summed E-state index contributed by atoms with van der Waals surface area (Å²) in [6.45, 7) is 1.85. The molecule has 0 radical (unpaired) electrons. The maximum absolute atomic E-state index is 11.9. The van der Waals surface area contributed by atoms with Crippen molar-refractivity contribution in [1.82, 2.24) is 5.32 Å². The number of aromatic hydroxyl groups is 1. The molecule has 0 spiro atoms. The second-order valence-electron chi connectivity index (χ2n) is 5.11. The van der Waals surface area contributed by atoms with Gasteiger partial charge in [-0.2, -0.15) is 0 Å². The molecule has 25 heavy (non-hydrogen) atoms. The van der Waals surface area contributed by atoms with Gasteiger partial charge in [-0.1, -0.05) is 6.07 Å². The molecule has 0 heterocycles. The van der Waals surface area contributed by atoms with Gasteiger partial charge in [-0.25, -0.2) is 4.79 Å². The minimum absolute atomic E-state index is 0.0290. The molecule has 2 aromatic rings. The summed E-state index contributed by atoms with van der Waals surface area (Å²) in [5.41, 5.74) is 1.07. The van der Waals surface area contributed by atoms with Crippen LogP contribution in [0.1, 0.15) is 27.6 Å². The molecule has 0 fully saturated rings. The molecular weight excluding hydrogens is 324 g/mol. The number of carbonyl (C=O) groups is 3. The van der Waals surface area contributed by atoms with E-state index in [1.807, 2.05) is 6.92 Å². The van der Waals surface area contributed by atoms with E-state index in [0.717, 1.165) is 0 Å². The Kier molecular flexibility index (Phi) is 6.11. The zero-order chi connectivity index (χ0) is 18.2. The number of hydrogen-bond donors (Lipinski definition) is 3. The number of ether oxygens (including phenoxy) is 1. The lowest BCUT2D eigenvalue weighted by Gasteiger charge is -2.08. The van der Waals surface area contributed by atoms with Crippen LogP contribution < -0.4 is 10.6 Å². The molecule has 0 aliphatic carbocycles. The van der Waals surface area contributed by atoms with Crippen molar-refractivity contribution in [2.45, 2.75) is 6.92 Å². The van der Waals surface area contributed by atoms with Crippen molar-refractivity contribution in [1.29, 1.82) is 0 Å². The average Bonchev–Trinajstić information content (AvgIpc) is 2.61. The molecular formula is C18H18N2O5. The van der Waals surface area contributed by atoms with Gasteiger partial charge in [0.25, 0.3) is 11.8 Å². The van der Waals surface area contributed by atoms with Crippen LogP contribution in [-0.4, -0.2) is 36.0 Å². The van der Waals surface area contributed by atoms with E-state index in [4.69, 9.17) is 4.74 Å². The Morgan fingerprint density at radius 2 is 1.76 bits per heavy atom. The SMILES string of the molecule is CCNC(=O)c1cccc(NC(=O)COC(=O)c2ccc(O)cc2)c1. The second-order valence-corrected chi connectivity index (χ2v) is 5.11. The molecule has 0 saturated carbocycles. The second kappa shape index (κ2) is 8.49. The lowest BCUT2D eigenvalue weighted by molar-refractivity contribution is -0.119. The van der Waals surface area contributed by atoms with Crippen LogP contribution in [0.15, 0.2) is 48.5 Å². The van der Waals surface area contributed by atoms with E-state index < -0.39 is 18.5 Å². The first-order chi connectivity index (χ1) is 12.0. The smallest absolute Gasteiger partial charge is 0.338 e. The number of hydrogen-bond acceptors (Lipinski definition) is 5. The number of esters is 1. The fraction of sp³-hybridized carbons (Fsp3) is 0.167. The van der Waals surface area contributed by atoms with Gasteiger partial charge < -0.3 is 20.5 Å². The van der Waals surface area contributed by atoms with Crippen LogP contribution in [0.25, 0.3) is 0 Å². The first kappa shape index (κ1) is 18.0. The lowest BCUT2D eigenvalue weighted by Crippen LogP contribution is -2.23. The van der Waals surface area contributed by atoms with Crippen molar-refractivity contribution in [2.75, 3.05) is 18.5 Å². The van der Waals surface area contributed by atoms with Crippen molar-refractivity contribution in [3.63, 3.8) is 0 Å². The highest BCUT2D eigenvalue weighted by Gasteiger charge is 2.11. The first-order valence-electron chi connectivity index (χ1n) is 7.64. The number of carbonyl (C=O) groups excluding carboxylic acids is 3. The molecule has 0 aliphatic rings. The van der Waals surface area contributed by atoms with Gasteiger partial charge in [0.2, 0.25) is 0 Å². The number of nitrogens with one attached hydrogen (secondary N) is 2. The predicted octanol–water partition coefficient (Wildman–Crippen LogP) is 1.94. The quantitative estimate of drug-likeness (QED) is 0.696. The van der Waals surface area contributed by atoms with E-state index in [2.05, 4.69) is 10.6 Å². The van der Waals surface area contributed by atoms with E-state index >= 15 is 0 Å². The highest BCUT2D eigenvalue weighted by atomic mass is 16.5. The van der Waals surface area contributed by atoms with Gasteiger partial charge in [0.1, 0.15) is 5.75 Å². The third-order valence-corrected chi connectivity index (χ3v) is 3.18. The van der Waals surface area contributed by atoms with Gasteiger partial charge in [0.15, 0.2) is 6.61 Å². The zero-order valence-corrected chi connectivity index (χ0v) is 13.6. The van der Waals surface area contributed by atoms with E-state index in [-0.39, 0.29) is 17.2 Å². The van der Waals surface area contributed by atoms with Crippen LogP contribution in [0.2, 0.25) is 0 Å². The van der Waals surface area contributed by atoms with Crippen LogP contribution in [0.4, 0.5) is 5.69 Å². The van der Waals surface area contributed by atoms with E-state index in [1.165, 1.54) is 30.3 Å². The van der Waals surface area contributed by atoms with Gasteiger partial charge in [-0.3, -0.25) is 9.59 Å². The number of benzene rings is 2. The Labute approximate surface area is 144 Å². The third-order valence-electron chi connectivity index (χ3n) is 3.18. The molecule has 0 aliphatic heterocycles. The normalized spacial score (nSPS) is 9.96. The maximum Gasteiger partial charge on any atom is 0.338 e. The largest absolute Gasteiger partial charge is 0.508 e. The Morgan fingerprint density at radius 1 is 1.04 bits per heavy atom. The van der Waals surface area contributed by atoms with Crippen LogP contribution in [-0.2, 0) is 9.53 Å². The standard InChI is InChI=1S/C18H18N2O5/c1-2-19-17(23)13-4-3-5-14(10-13)20-16(22)11-25-18(24)12-6-8-15(21)9-7-12/h3-10,21H,2,11H2,1H3,(H,19,23)(H,20,22). The molecule has 2 amide bonds. The van der Waals surface area contributed by atoms with Gasteiger partial charge in [0, 0.05) is 17.8 Å². The number of amides is 2. The van der Waals surface area contributed by atoms with Crippen molar-refractivity contribution < 1.29 is 24.2 Å². The third kappa shape index (κ3) is 5.35. The molecule has 2 rings (SSSR count). The molecule has 7 heteroatoms. The average molecular weight is 342 g/mol. The summed E-state index contributed by atoms with van der Waals surface area (Å²) in [5.74, 6) is -1.41. The zero-order valence-electron chi connectivity index (χ0n) is 13.6. The van der Waals surface area contributed by atoms with Crippen molar-refractivity contribution in [3.05, 3.63) is 59.7 Å². The van der Waals surface area contributed by atoms with Crippen LogP contribution in [0, 0.1) is 0 Å². The summed E-state index contributed by atoms with van der Waals surface area (Å²) in [6.07, 6.45) is 0. The monoisotopic (exact) mass is 342 g/mol. The number of anilines is 1.